The molecule has 4 aromatic carbocycles. The first-order chi connectivity index (χ1) is 26.2. The third-order valence-corrected chi connectivity index (χ3v) is 9.67. The molecule has 4 aromatic heterocycles. The van der Waals surface area contributed by atoms with Gasteiger partial charge in [-0.15, -0.1) is 0 Å². The van der Waals surface area contributed by atoms with Gasteiger partial charge < -0.3 is 33.7 Å². The molecule has 0 bridgehead atoms. The number of carbonyl (C=O) groups is 1. The number of sulfonamides is 1. The number of nitrogens with one attached hydrogen (secondary N) is 2. The minimum Gasteiger partial charge on any atom is -0.508 e. The fourth-order valence-electron chi connectivity index (χ4n) is 6.93. The van der Waals surface area contributed by atoms with E-state index >= 15 is 0 Å². The van der Waals surface area contributed by atoms with E-state index in [0.29, 0.717) is 34.3 Å². The predicted octanol–water partition coefficient (Wildman–Crippen LogP) is 8.55. The van der Waals surface area contributed by atoms with Crippen LogP contribution < -0.4 is 10.0 Å². The minimum atomic E-state index is -3.54. The Labute approximate surface area is 316 Å². The quantitative estimate of drug-likeness (QED) is 0.124. The van der Waals surface area contributed by atoms with Crippen LogP contribution in [0.1, 0.15) is 29.8 Å². The lowest BCUT2D eigenvalue weighted by Gasteiger charge is -2.13. The van der Waals surface area contributed by atoms with Crippen molar-refractivity contribution < 1.29 is 32.5 Å². The highest BCUT2D eigenvalue weighted by molar-refractivity contribution is 7.92. The van der Waals surface area contributed by atoms with Gasteiger partial charge in [0.2, 0.25) is 15.9 Å². The summed E-state index contributed by atoms with van der Waals surface area (Å²) >= 11 is 0. The maximum absolute atomic E-state index is 12.1. The van der Waals surface area contributed by atoms with Crippen LogP contribution in [-0.2, 0) is 14.8 Å². The molecule has 0 aliphatic carbocycles. The van der Waals surface area contributed by atoms with E-state index in [2.05, 4.69) is 20.4 Å². The number of carbonyl (C=O) groups excluding carboxylic acids is 1. The lowest BCUT2D eigenvalue weighted by Crippen LogP contribution is -2.11. The zero-order valence-corrected chi connectivity index (χ0v) is 31.7. The lowest BCUT2D eigenvalue weighted by molar-refractivity contribution is -0.114. The van der Waals surface area contributed by atoms with Crippen molar-refractivity contribution in [2.24, 2.45) is 0 Å². The average molecular weight is 759 g/mol. The molecular formula is C41H38N6O7S. The monoisotopic (exact) mass is 758 g/mol. The third-order valence-electron chi connectivity index (χ3n) is 9.09. The van der Waals surface area contributed by atoms with Crippen LogP contribution in [0.5, 0.6) is 11.5 Å². The summed E-state index contributed by atoms with van der Waals surface area (Å²) < 4.78 is 41.7. The fraction of sp³-hybridized carbons (Fsp3) is 0.146. The first kappa shape index (κ1) is 36.6. The van der Waals surface area contributed by atoms with Crippen LogP contribution in [0.2, 0.25) is 0 Å². The highest BCUT2D eigenvalue weighted by Gasteiger charge is 2.27. The second-order valence-electron chi connectivity index (χ2n) is 13.1. The Morgan fingerprint density at radius 2 is 1.04 bits per heavy atom. The van der Waals surface area contributed by atoms with Crippen LogP contribution in [0.15, 0.2) is 106 Å². The van der Waals surface area contributed by atoms with Crippen molar-refractivity contribution in [2.45, 2.75) is 34.6 Å². The number of hydrogen-bond donors (Lipinski definition) is 4. The Morgan fingerprint density at radius 1 is 0.636 bits per heavy atom. The smallest absolute Gasteiger partial charge is 0.229 e. The van der Waals surface area contributed by atoms with Crippen LogP contribution in [0.4, 0.5) is 11.4 Å². The SMILES string of the molecule is CC(=O)Nc1c(-c2c(C)noc2C)n(-c2ccc(O)cc2)c2ccccc12.Cc1noc(C)c1-c1c(NS(C)(=O)=O)c2ccccc2n1-c1ccc(O)cc1. The van der Waals surface area contributed by atoms with E-state index in [9.17, 15) is 23.4 Å². The van der Waals surface area contributed by atoms with Gasteiger partial charge in [-0.1, -0.05) is 46.7 Å². The zero-order chi connectivity index (χ0) is 39.2. The van der Waals surface area contributed by atoms with Crippen LogP contribution in [0.3, 0.4) is 0 Å². The Bertz CT molecular complexity index is 2790. The molecule has 0 spiro atoms. The number of nitrogens with zero attached hydrogens (tertiary/aromatic N) is 4. The maximum atomic E-state index is 12.1. The number of phenolic OH excluding ortho intramolecular Hbond substituents is 2. The number of aromatic hydroxyl groups is 2. The van der Waals surface area contributed by atoms with Gasteiger partial charge in [0.15, 0.2) is 0 Å². The molecule has 0 saturated carbocycles. The molecule has 0 fully saturated rings. The van der Waals surface area contributed by atoms with Gasteiger partial charge in [-0.3, -0.25) is 9.52 Å². The average Bonchev–Trinajstić information content (AvgIpc) is 3.85. The fourth-order valence-corrected chi connectivity index (χ4v) is 7.50. The van der Waals surface area contributed by atoms with Gasteiger partial charge in [0.25, 0.3) is 0 Å². The van der Waals surface area contributed by atoms with Gasteiger partial charge in [0.05, 0.1) is 62.6 Å². The molecular weight excluding hydrogens is 721 g/mol. The maximum Gasteiger partial charge on any atom is 0.229 e. The van der Waals surface area contributed by atoms with Gasteiger partial charge in [0, 0.05) is 29.1 Å². The highest BCUT2D eigenvalue weighted by Crippen LogP contribution is 2.44. The molecule has 280 valence electrons. The number of aromatic nitrogens is 4. The van der Waals surface area contributed by atoms with Gasteiger partial charge in [0.1, 0.15) is 23.0 Å². The number of para-hydroxylation sites is 2. The first-order valence-electron chi connectivity index (χ1n) is 17.2. The second-order valence-corrected chi connectivity index (χ2v) is 14.9. The molecule has 0 unspecified atom stereocenters. The topological polar surface area (TPSA) is 178 Å². The van der Waals surface area contributed by atoms with E-state index in [1.165, 1.54) is 6.92 Å². The number of aryl methyl sites for hydroxylation is 4. The number of hydrogen-bond acceptors (Lipinski definition) is 9. The molecule has 55 heavy (non-hydrogen) atoms. The molecule has 4 N–H and O–H groups in total. The van der Waals surface area contributed by atoms with Crippen LogP contribution in [0.25, 0.3) is 55.7 Å². The summed E-state index contributed by atoms with van der Waals surface area (Å²) in [6.45, 7) is 8.82. The van der Waals surface area contributed by atoms with Gasteiger partial charge in [-0.25, -0.2) is 8.42 Å². The Kier molecular flexibility index (Phi) is 9.44. The molecule has 0 radical (unpaired) electrons. The summed E-state index contributed by atoms with van der Waals surface area (Å²) in [5.41, 5.74) is 8.91. The van der Waals surface area contributed by atoms with Crippen molar-refractivity contribution in [2.75, 3.05) is 16.3 Å². The van der Waals surface area contributed by atoms with Gasteiger partial charge in [-0.2, -0.15) is 0 Å². The first-order valence-corrected chi connectivity index (χ1v) is 19.1. The highest BCUT2D eigenvalue weighted by atomic mass is 32.2. The zero-order valence-electron chi connectivity index (χ0n) is 30.9. The second kappa shape index (κ2) is 14.2. The molecule has 13 nitrogen and oxygen atoms in total. The summed E-state index contributed by atoms with van der Waals surface area (Å²) in [5, 5.41) is 32.2. The van der Waals surface area contributed by atoms with E-state index in [-0.39, 0.29) is 17.4 Å². The van der Waals surface area contributed by atoms with Crippen molar-refractivity contribution in [1.82, 2.24) is 19.4 Å². The summed E-state index contributed by atoms with van der Waals surface area (Å²) in [5.74, 6) is 1.43. The summed E-state index contributed by atoms with van der Waals surface area (Å²) in [7, 11) is -3.54. The molecule has 4 heterocycles. The molecule has 0 aliphatic rings. The molecule has 14 heteroatoms. The van der Waals surface area contributed by atoms with E-state index in [4.69, 9.17) is 9.05 Å². The predicted molar refractivity (Wildman–Crippen MR) is 213 cm³/mol. The van der Waals surface area contributed by atoms with E-state index < -0.39 is 10.0 Å². The molecule has 0 saturated heterocycles. The number of benzene rings is 4. The van der Waals surface area contributed by atoms with Crippen molar-refractivity contribution >= 4 is 49.1 Å². The number of amides is 1. The summed E-state index contributed by atoms with van der Waals surface area (Å²) in [4.78, 5) is 11.9. The molecule has 0 aliphatic heterocycles. The molecule has 1 amide bonds. The normalized spacial score (nSPS) is 11.5. The summed E-state index contributed by atoms with van der Waals surface area (Å²) in [6, 6.07) is 29.0. The van der Waals surface area contributed by atoms with E-state index in [1.54, 1.807) is 43.3 Å². The number of rotatable bonds is 7. The third kappa shape index (κ3) is 6.90. The van der Waals surface area contributed by atoms with Crippen molar-refractivity contribution in [3.63, 3.8) is 0 Å². The van der Waals surface area contributed by atoms with Crippen LogP contribution in [-0.4, -0.2) is 50.2 Å². The van der Waals surface area contributed by atoms with Crippen LogP contribution in [0, 0.1) is 27.7 Å². The van der Waals surface area contributed by atoms with Gasteiger partial charge in [-0.05, 0) is 88.4 Å². The number of anilines is 2. The minimum absolute atomic E-state index is 0.147. The molecule has 8 aromatic rings. The molecule has 0 atom stereocenters. The standard InChI is InChI=1S/C21H19N3O3.C20H19N3O4S/c1-12-19(13(2)27-23-12)21-20(22-14(3)25)17-6-4-5-7-18(17)24(21)15-8-10-16(26)11-9-15;1-12-18(13(2)27-21-12)20-19(22-28(3,25)26)16-6-4-5-7-17(16)23(20)14-8-10-15(24)11-9-14/h4-11,26H,1-3H3,(H,22,25);4-11,22,24H,1-3H3. The largest absolute Gasteiger partial charge is 0.508 e. The van der Waals surface area contributed by atoms with E-state index in [0.717, 1.165) is 62.0 Å². The summed E-state index contributed by atoms with van der Waals surface area (Å²) in [6.07, 6.45) is 1.12. The number of fused-ring (bicyclic) bond motifs is 2. The Morgan fingerprint density at radius 3 is 1.42 bits per heavy atom. The van der Waals surface area contributed by atoms with Gasteiger partial charge >= 0.3 is 0 Å². The molecule has 8 rings (SSSR count). The van der Waals surface area contributed by atoms with Crippen LogP contribution >= 0.6 is 0 Å². The lowest BCUT2D eigenvalue weighted by atomic mass is 10.1. The van der Waals surface area contributed by atoms with Crippen molar-refractivity contribution in [3.8, 4) is 45.4 Å². The Hall–Kier alpha value is -6.80. The van der Waals surface area contributed by atoms with Crippen molar-refractivity contribution in [1.29, 1.82) is 0 Å². The van der Waals surface area contributed by atoms with Crippen molar-refractivity contribution in [3.05, 3.63) is 120 Å². The number of phenols is 2. The van der Waals surface area contributed by atoms with E-state index in [1.807, 2.05) is 90.6 Å². The Balaban J connectivity index is 0.000000169.